The summed E-state index contributed by atoms with van der Waals surface area (Å²) in [5, 5.41) is 0. The fourth-order valence-electron chi connectivity index (χ4n) is 1.70. The highest BCUT2D eigenvalue weighted by molar-refractivity contribution is 5.33. The third-order valence-electron chi connectivity index (χ3n) is 2.69. The highest BCUT2D eigenvalue weighted by atomic mass is 16.5. The van der Waals surface area contributed by atoms with Gasteiger partial charge in [0.2, 0.25) is 0 Å². The summed E-state index contributed by atoms with van der Waals surface area (Å²) in [6.45, 7) is 10.9. The van der Waals surface area contributed by atoms with Crippen molar-refractivity contribution in [2.45, 2.75) is 46.3 Å². The van der Waals surface area contributed by atoms with E-state index >= 15 is 0 Å². The zero-order valence-electron chi connectivity index (χ0n) is 11.5. The number of nitrogens with two attached hydrogens (primary N) is 1. The minimum absolute atomic E-state index is 0.0362. The van der Waals surface area contributed by atoms with Crippen LogP contribution in [0.25, 0.3) is 0 Å². The molecule has 3 nitrogen and oxygen atoms in total. The summed E-state index contributed by atoms with van der Waals surface area (Å²) in [6, 6.07) is 6.42. The highest BCUT2D eigenvalue weighted by Gasteiger charge is 2.17. The molecule has 3 N–H and O–H groups in total. The average molecular weight is 236 g/mol. The fraction of sp³-hybridized carbons (Fsp3) is 0.571. The third-order valence-corrected chi connectivity index (χ3v) is 2.69. The van der Waals surface area contributed by atoms with Crippen molar-refractivity contribution in [2.75, 3.05) is 6.61 Å². The van der Waals surface area contributed by atoms with Gasteiger partial charge in [-0.05, 0) is 45.7 Å². The van der Waals surface area contributed by atoms with Crippen LogP contribution in [-0.2, 0) is 4.74 Å². The Kier molecular flexibility index (Phi) is 4.69. The Labute approximate surface area is 104 Å². The third kappa shape index (κ3) is 4.46. The summed E-state index contributed by atoms with van der Waals surface area (Å²) in [7, 11) is 0. The number of hydrogen-bond acceptors (Lipinski definition) is 3. The van der Waals surface area contributed by atoms with E-state index in [2.05, 4.69) is 37.5 Å². The van der Waals surface area contributed by atoms with Crippen LogP contribution in [0.2, 0.25) is 0 Å². The van der Waals surface area contributed by atoms with Crippen molar-refractivity contribution in [1.82, 2.24) is 5.43 Å². The van der Waals surface area contributed by atoms with Crippen molar-refractivity contribution >= 4 is 0 Å². The Bertz CT molecular complexity index is 369. The van der Waals surface area contributed by atoms with Crippen LogP contribution in [0.3, 0.4) is 0 Å². The van der Waals surface area contributed by atoms with Crippen LogP contribution in [0, 0.1) is 13.8 Å². The summed E-state index contributed by atoms with van der Waals surface area (Å²) < 4.78 is 5.79. The molecule has 1 atom stereocenters. The van der Waals surface area contributed by atoms with Gasteiger partial charge in [0, 0.05) is 0 Å². The molecule has 0 amide bonds. The van der Waals surface area contributed by atoms with Crippen molar-refractivity contribution in [3.63, 3.8) is 0 Å². The minimum Gasteiger partial charge on any atom is -0.374 e. The lowest BCUT2D eigenvalue weighted by Gasteiger charge is -2.25. The predicted octanol–water partition coefficient (Wildman–Crippen LogP) is 2.62. The van der Waals surface area contributed by atoms with Gasteiger partial charge >= 0.3 is 0 Å². The van der Waals surface area contributed by atoms with Gasteiger partial charge in [-0.1, -0.05) is 23.8 Å². The molecule has 0 radical (unpaired) electrons. The number of aryl methyl sites for hydroxylation is 2. The van der Waals surface area contributed by atoms with E-state index in [0.29, 0.717) is 6.61 Å². The Hall–Kier alpha value is -0.900. The molecule has 0 aliphatic carbocycles. The van der Waals surface area contributed by atoms with Crippen LogP contribution in [0.15, 0.2) is 18.2 Å². The molecule has 3 heteroatoms. The minimum atomic E-state index is -0.146. The largest absolute Gasteiger partial charge is 0.374 e. The second-order valence-electron chi connectivity index (χ2n) is 5.50. The number of benzene rings is 1. The second kappa shape index (κ2) is 5.63. The number of hydrazine groups is 1. The van der Waals surface area contributed by atoms with Crippen molar-refractivity contribution in [1.29, 1.82) is 0 Å². The van der Waals surface area contributed by atoms with Crippen molar-refractivity contribution in [3.8, 4) is 0 Å². The standard InChI is InChI=1S/C14H24N2O/c1-10-6-7-11(2)12(8-10)13(16-15)9-17-14(3,4)5/h6-8,13,16H,9,15H2,1-5H3. The highest BCUT2D eigenvalue weighted by Crippen LogP contribution is 2.21. The first kappa shape index (κ1) is 14.2. The number of nitrogens with one attached hydrogen (secondary N) is 1. The number of ether oxygens (including phenoxy) is 1. The van der Waals surface area contributed by atoms with Gasteiger partial charge in [0.1, 0.15) is 0 Å². The quantitative estimate of drug-likeness (QED) is 0.624. The Morgan fingerprint density at radius 2 is 1.94 bits per heavy atom. The summed E-state index contributed by atoms with van der Waals surface area (Å²) in [5.74, 6) is 5.62. The predicted molar refractivity (Wildman–Crippen MR) is 71.7 cm³/mol. The molecule has 0 bridgehead atoms. The molecule has 17 heavy (non-hydrogen) atoms. The SMILES string of the molecule is Cc1ccc(C)c(C(COC(C)(C)C)NN)c1. The van der Waals surface area contributed by atoms with Gasteiger partial charge in [-0.3, -0.25) is 11.3 Å². The molecule has 0 heterocycles. The van der Waals surface area contributed by atoms with E-state index in [-0.39, 0.29) is 11.6 Å². The first-order valence-electron chi connectivity index (χ1n) is 6.01. The fourth-order valence-corrected chi connectivity index (χ4v) is 1.70. The van der Waals surface area contributed by atoms with Gasteiger partial charge in [-0.2, -0.15) is 0 Å². The van der Waals surface area contributed by atoms with Gasteiger partial charge in [0.05, 0.1) is 18.2 Å². The second-order valence-corrected chi connectivity index (χ2v) is 5.50. The average Bonchev–Trinajstić information content (AvgIpc) is 2.22. The van der Waals surface area contributed by atoms with Crippen LogP contribution < -0.4 is 11.3 Å². The normalized spacial score (nSPS) is 13.8. The van der Waals surface area contributed by atoms with Gasteiger partial charge in [-0.25, -0.2) is 0 Å². The van der Waals surface area contributed by atoms with E-state index in [1.807, 2.05) is 20.8 Å². The molecular weight excluding hydrogens is 212 g/mol. The summed E-state index contributed by atoms with van der Waals surface area (Å²) in [5.41, 5.74) is 6.36. The summed E-state index contributed by atoms with van der Waals surface area (Å²) in [4.78, 5) is 0. The number of rotatable bonds is 4. The first-order chi connectivity index (χ1) is 7.83. The van der Waals surface area contributed by atoms with E-state index < -0.39 is 0 Å². The van der Waals surface area contributed by atoms with E-state index in [1.165, 1.54) is 16.7 Å². The van der Waals surface area contributed by atoms with Crippen LogP contribution >= 0.6 is 0 Å². The topological polar surface area (TPSA) is 47.3 Å². The Morgan fingerprint density at radius 3 is 2.47 bits per heavy atom. The lowest BCUT2D eigenvalue weighted by atomic mass is 9.99. The molecule has 96 valence electrons. The zero-order chi connectivity index (χ0) is 13.1. The molecule has 0 saturated carbocycles. The van der Waals surface area contributed by atoms with E-state index in [0.717, 1.165) is 0 Å². The number of hydrogen-bond donors (Lipinski definition) is 2. The maximum absolute atomic E-state index is 5.79. The molecular formula is C14H24N2O. The molecule has 0 aliphatic rings. The van der Waals surface area contributed by atoms with Crippen LogP contribution in [-0.4, -0.2) is 12.2 Å². The van der Waals surface area contributed by atoms with Crippen LogP contribution in [0.5, 0.6) is 0 Å². The van der Waals surface area contributed by atoms with E-state index in [4.69, 9.17) is 10.6 Å². The smallest absolute Gasteiger partial charge is 0.0696 e. The maximum Gasteiger partial charge on any atom is 0.0696 e. The Balaban J connectivity index is 2.82. The monoisotopic (exact) mass is 236 g/mol. The molecule has 1 unspecified atom stereocenters. The van der Waals surface area contributed by atoms with E-state index in [1.54, 1.807) is 0 Å². The Morgan fingerprint density at radius 1 is 1.29 bits per heavy atom. The molecule has 1 aromatic carbocycles. The van der Waals surface area contributed by atoms with Crippen LogP contribution in [0.4, 0.5) is 0 Å². The van der Waals surface area contributed by atoms with Gasteiger partial charge in [0.25, 0.3) is 0 Å². The van der Waals surface area contributed by atoms with Gasteiger partial charge in [0.15, 0.2) is 0 Å². The maximum atomic E-state index is 5.79. The molecule has 0 aromatic heterocycles. The summed E-state index contributed by atoms with van der Waals surface area (Å²) >= 11 is 0. The molecule has 0 aliphatic heterocycles. The van der Waals surface area contributed by atoms with Crippen LogP contribution in [0.1, 0.15) is 43.5 Å². The zero-order valence-corrected chi connectivity index (χ0v) is 11.5. The van der Waals surface area contributed by atoms with E-state index in [9.17, 15) is 0 Å². The first-order valence-corrected chi connectivity index (χ1v) is 6.01. The van der Waals surface area contributed by atoms with Crippen molar-refractivity contribution in [3.05, 3.63) is 34.9 Å². The molecule has 1 rings (SSSR count). The molecule has 0 spiro atoms. The van der Waals surface area contributed by atoms with Crippen molar-refractivity contribution < 1.29 is 4.74 Å². The lowest BCUT2D eigenvalue weighted by Crippen LogP contribution is -2.34. The lowest BCUT2D eigenvalue weighted by molar-refractivity contribution is -0.0148. The van der Waals surface area contributed by atoms with Crippen molar-refractivity contribution in [2.24, 2.45) is 5.84 Å². The van der Waals surface area contributed by atoms with Gasteiger partial charge < -0.3 is 4.74 Å². The molecule has 1 aromatic rings. The molecule has 0 saturated heterocycles. The van der Waals surface area contributed by atoms with Gasteiger partial charge in [-0.15, -0.1) is 0 Å². The molecule has 0 fully saturated rings. The summed E-state index contributed by atoms with van der Waals surface area (Å²) in [6.07, 6.45) is 0.